The van der Waals surface area contributed by atoms with Gasteiger partial charge < -0.3 is 9.09 Å². The number of aromatic nitrogens is 6. The van der Waals surface area contributed by atoms with Gasteiger partial charge in [-0.2, -0.15) is 4.98 Å². The molecule has 0 radical (unpaired) electrons. The Kier molecular flexibility index (Phi) is 4.68. The van der Waals surface area contributed by atoms with Gasteiger partial charge >= 0.3 is 0 Å². The first-order chi connectivity index (χ1) is 13.1. The van der Waals surface area contributed by atoms with E-state index >= 15 is 0 Å². The van der Waals surface area contributed by atoms with E-state index in [-0.39, 0.29) is 5.89 Å². The fraction of sp³-hybridized carbons (Fsp3) is 0.167. The Morgan fingerprint density at radius 2 is 1.96 bits per heavy atom. The summed E-state index contributed by atoms with van der Waals surface area (Å²) in [5.74, 6) is 1.42. The summed E-state index contributed by atoms with van der Waals surface area (Å²) >= 11 is 1.43. The SMILES string of the molecule is Cc1ccc(F)c(-c2nc(CSc3nnc(-c4ccncc4)n3C)no2)c1. The average molecular weight is 382 g/mol. The third kappa shape index (κ3) is 3.59. The molecule has 3 heterocycles. The van der Waals surface area contributed by atoms with Gasteiger partial charge in [0.15, 0.2) is 16.8 Å². The van der Waals surface area contributed by atoms with E-state index in [9.17, 15) is 4.39 Å². The van der Waals surface area contributed by atoms with Gasteiger partial charge in [0, 0.05) is 25.0 Å². The average Bonchev–Trinajstić information content (AvgIpc) is 3.29. The van der Waals surface area contributed by atoms with Gasteiger partial charge in [0.25, 0.3) is 5.89 Å². The molecule has 9 heteroatoms. The summed E-state index contributed by atoms with van der Waals surface area (Å²) in [5, 5.41) is 13.1. The minimum absolute atomic E-state index is 0.169. The molecule has 0 N–H and O–H groups in total. The van der Waals surface area contributed by atoms with Gasteiger partial charge in [-0.1, -0.05) is 28.5 Å². The molecule has 136 valence electrons. The number of nitrogens with zero attached hydrogens (tertiary/aromatic N) is 6. The fourth-order valence-corrected chi connectivity index (χ4v) is 3.30. The number of hydrogen-bond donors (Lipinski definition) is 0. The van der Waals surface area contributed by atoms with Crippen molar-refractivity contribution in [3.63, 3.8) is 0 Å². The molecule has 0 aliphatic heterocycles. The summed E-state index contributed by atoms with van der Waals surface area (Å²) in [6, 6.07) is 8.52. The van der Waals surface area contributed by atoms with Gasteiger partial charge in [0.2, 0.25) is 0 Å². The molecule has 0 spiro atoms. The number of pyridine rings is 1. The van der Waals surface area contributed by atoms with Crippen molar-refractivity contribution in [1.82, 2.24) is 29.9 Å². The van der Waals surface area contributed by atoms with Crippen molar-refractivity contribution in [3.8, 4) is 22.8 Å². The highest BCUT2D eigenvalue weighted by atomic mass is 32.2. The van der Waals surface area contributed by atoms with E-state index in [1.165, 1.54) is 17.8 Å². The van der Waals surface area contributed by atoms with Crippen molar-refractivity contribution in [2.45, 2.75) is 17.8 Å². The summed E-state index contributed by atoms with van der Waals surface area (Å²) in [7, 11) is 1.89. The van der Waals surface area contributed by atoms with E-state index in [0.717, 1.165) is 22.1 Å². The maximum absolute atomic E-state index is 14.0. The summed E-state index contributed by atoms with van der Waals surface area (Å²) < 4.78 is 21.1. The smallest absolute Gasteiger partial charge is 0.260 e. The van der Waals surface area contributed by atoms with Crippen molar-refractivity contribution in [2.24, 2.45) is 7.05 Å². The first-order valence-corrected chi connectivity index (χ1v) is 9.12. The zero-order valence-electron chi connectivity index (χ0n) is 14.6. The number of hydrogen-bond acceptors (Lipinski definition) is 7. The molecule has 0 saturated heterocycles. The maximum Gasteiger partial charge on any atom is 0.260 e. The monoisotopic (exact) mass is 382 g/mol. The van der Waals surface area contributed by atoms with Crippen LogP contribution in [-0.2, 0) is 12.8 Å². The lowest BCUT2D eigenvalue weighted by Crippen LogP contribution is -1.95. The van der Waals surface area contributed by atoms with Gasteiger partial charge in [0.05, 0.1) is 11.3 Å². The van der Waals surface area contributed by atoms with Crippen molar-refractivity contribution in [2.75, 3.05) is 0 Å². The highest BCUT2D eigenvalue weighted by Crippen LogP contribution is 2.26. The van der Waals surface area contributed by atoms with Crippen molar-refractivity contribution in [1.29, 1.82) is 0 Å². The second kappa shape index (κ2) is 7.28. The molecule has 0 saturated carbocycles. The molecule has 0 amide bonds. The van der Waals surface area contributed by atoms with Crippen LogP contribution in [0.4, 0.5) is 4.39 Å². The van der Waals surface area contributed by atoms with Crippen LogP contribution in [0.15, 0.2) is 52.4 Å². The van der Waals surface area contributed by atoms with E-state index in [2.05, 4.69) is 25.3 Å². The number of aryl methyl sites for hydroxylation is 1. The zero-order chi connectivity index (χ0) is 18.8. The number of rotatable bonds is 5. The molecule has 0 atom stereocenters. The maximum atomic E-state index is 14.0. The molecule has 4 rings (SSSR count). The fourth-order valence-electron chi connectivity index (χ4n) is 2.55. The highest BCUT2D eigenvalue weighted by Gasteiger charge is 2.16. The van der Waals surface area contributed by atoms with Crippen LogP contribution in [0.5, 0.6) is 0 Å². The molecule has 7 nitrogen and oxygen atoms in total. The highest BCUT2D eigenvalue weighted by molar-refractivity contribution is 7.98. The molecule has 0 fully saturated rings. The second-order valence-electron chi connectivity index (χ2n) is 5.89. The van der Waals surface area contributed by atoms with Crippen LogP contribution >= 0.6 is 11.8 Å². The Morgan fingerprint density at radius 1 is 1.15 bits per heavy atom. The van der Waals surface area contributed by atoms with Crippen molar-refractivity contribution < 1.29 is 8.91 Å². The largest absolute Gasteiger partial charge is 0.334 e. The quantitative estimate of drug-likeness (QED) is 0.487. The lowest BCUT2D eigenvalue weighted by Gasteiger charge is -2.02. The van der Waals surface area contributed by atoms with E-state index in [0.29, 0.717) is 17.1 Å². The third-order valence-corrected chi connectivity index (χ3v) is 4.94. The Hall–Kier alpha value is -3.07. The lowest BCUT2D eigenvalue weighted by atomic mass is 10.1. The predicted molar refractivity (Wildman–Crippen MR) is 98.2 cm³/mol. The standard InChI is InChI=1S/C18H15FN6OS/c1-11-3-4-14(19)13(9-11)17-21-15(24-26-17)10-27-18-23-22-16(25(18)2)12-5-7-20-8-6-12/h3-9H,10H2,1-2H3. The molecule has 4 aromatic rings. The topological polar surface area (TPSA) is 82.5 Å². The molecule has 0 aliphatic rings. The first kappa shape index (κ1) is 17.3. The van der Waals surface area contributed by atoms with Crippen molar-refractivity contribution in [3.05, 3.63) is 59.9 Å². The Bertz CT molecular complexity index is 1080. The normalized spacial score (nSPS) is 11.1. The van der Waals surface area contributed by atoms with Crippen molar-refractivity contribution >= 4 is 11.8 Å². The number of benzene rings is 1. The summed E-state index contributed by atoms with van der Waals surface area (Å²) in [5.41, 5.74) is 2.16. The van der Waals surface area contributed by atoms with E-state index < -0.39 is 5.82 Å². The van der Waals surface area contributed by atoms with Crippen LogP contribution in [0.25, 0.3) is 22.8 Å². The van der Waals surface area contributed by atoms with Crippen LogP contribution in [0.3, 0.4) is 0 Å². The Labute approximate surface area is 158 Å². The Morgan fingerprint density at radius 3 is 2.78 bits per heavy atom. The van der Waals surface area contributed by atoms with Crippen LogP contribution in [-0.4, -0.2) is 29.9 Å². The Balaban J connectivity index is 1.50. The first-order valence-electron chi connectivity index (χ1n) is 8.13. The van der Waals surface area contributed by atoms with Gasteiger partial charge in [-0.3, -0.25) is 4.98 Å². The van der Waals surface area contributed by atoms with Crippen LogP contribution in [0.2, 0.25) is 0 Å². The third-order valence-electron chi connectivity index (χ3n) is 3.92. The zero-order valence-corrected chi connectivity index (χ0v) is 15.4. The molecule has 1 aromatic carbocycles. The van der Waals surface area contributed by atoms with Crippen LogP contribution < -0.4 is 0 Å². The lowest BCUT2D eigenvalue weighted by molar-refractivity contribution is 0.422. The summed E-state index contributed by atoms with van der Waals surface area (Å²) in [6.45, 7) is 1.88. The molecule has 0 unspecified atom stereocenters. The van der Waals surface area contributed by atoms with Gasteiger partial charge in [-0.25, -0.2) is 4.39 Å². The summed E-state index contributed by atoms with van der Waals surface area (Å²) in [4.78, 5) is 8.29. The molecule has 3 aromatic heterocycles. The number of thioether (sulfide) groups is 1. The minimum atomic E-state index is -0.390. The molecular weight excluding hydrogens is 367 g/mol. The molecule has 0 aliphatic carbocycles. The minimum Gasteiger partial charge on any atom is -0.334 e. The molecular formula is C18H15FN6OS. The molecule has 27 heavy (non-hydrogen) atoms. The summed E-state index contributed by atoms with van der Waals surface area (Å²) in [6.07, 6.45) is 3.42. The van der Waals surface area contributed by atoms with Gasteiger partial charge in [-0.05, 0) is 31.2 Å². The van der Waals surface area contributed by atoms with E-state index in [1.54, 1.807) is 24.5 Å². The number of halogens is 1. The van der Waals surface area contributed by atoms with E-state index in [1.807, 2.05) is 30.7 Å². The van der Waals surface area contributed by atoms with Gasteiger partial charge in [-0.15, -0.1) is 10.2 Å². The second-order valence-corrected chi connectivity index (χ2v) is 6.83. The van der Waals surface area contributed by atoms with Gasteiger partial charge in [0.1, 0.15) is 5.82 Å². The van der Waals surface area contributed by atoms with E-state index in [4.69, 9.17) is 4.52 Å². The van der Waals surface area contributed by atoms with Crippen LogP contribution in [0.1, 0.15) is 11.4 Å². The van der Waals surface area contributed by atoms with Crippen LogP contribution in [0, 0.1) is 12.7 Å². The predicted octanol–water partition coefficient (Wildman–Crippen LogP) is 3.67. The molecule has 0 bridgehead atoms.